The molecule has 1 aromatic rings. The summed E-state index contributed by atoms with van der Waals surface area (Å²) in [5, 5.41) is 3.60. The quantitative estimate of drug-likeness (QED) is 0.717. The van der Waals surface area contributed by atoms with Gasteiger partial charge in [-0.1, -0.05) is 11.6 Å². The summed E-state index contributed by atoms with van der Waals surface area (Å²) in [7, 11) is 0. The Bertz CT molecular complexity index is 287. The number of piperidine rings is 1. The Hall–Kier alpha value is -0.280. The van der Waals surface area contributed by atoms with E-state index in [4.69, 9.17) is 11.6 Å². The van der Waals surface area contributed by atoms with E-state index in [1.54, 1.807) is 11.3 Å². The van der Waals surface area contributed by atoms with Gasteiger partial charge in [0.2, 0.25) is 0 Å². The van der Waals surface area contributed by atoms with Crippen molar-refractivity contribution in [2.75, 3.05) is 11.4 Å². The maximum absolute atomic E-state index is 5.80. The van der Waals surface area contributed by atoms with Crippen LogP contribution >= 0.6 is 22.9 Å². The second-order valence-electron chi connectivity index (χ2n) is 3.49. The standard InChI is InChI=1S/C9H13ClN2S/c1-7-4-2-3-5-12(7)9-11-8(10)6-13-9/h6-7H,2-5H2,1H3. The van der Waals surface area contributed by atoms with Gasteiger partial charge in [-0.25, -0.2) is 4.98 Å². The summed E-state index contributed by atoms with van der Waals surface area (Å²) in [6, 6.07) is 0.621. The Balaban J connectivity index is 2.14. The second-order valence-corrected chi connectivity index (χ2v) is 4.71. The Kier molecular flexibility index (Phi) is 2.74. The molecule has 0 spiro atoms. The first kappa shape index (κ1) is 9.28. The number of halogens is 1. The van der Waals surface area contributed by atoms with Gasteiger partial charge in [-0.3, -0.25) is 0 Å². The van der Waals surface area contributed by atoms with Crippen LogP contribution in [0.3, 0.4) is 0 Å². The van der Waals surface area contributed by atoms with E-state index in [1.807, 2.05) is 5.38 Å². The zero-order chi connectivity index (χ0) is 9.26. The lowest BCUT2D eigenvalue weighted by Gasteiger charge is -2.32. The van der Waals surface area contributed by atoms with Crippen LogP contribution in [-0.2, 0) is 0 Å². The van der Waals surface area contributed by atoms with E-state index < -0.39 is 0 Å². The highest BCUT2D eigenvalue weighted by molar-refractivity contribution is 7.14. The molecule has 0 aliphatic carbocycles. The van der Waals surface area contributed by atoms with Gasteiger partial charge in [0, 0.05) is 18.0 Å². The molecule has 0 bridgehead atoms. The first-order valence-electron chi connectivity index (χ1n) is 4.65. The monoisotopic (exact) mass is 216 g/mol. The molecule has 2 heterocycles. The zero-order valence-electron chi connectivity index (χ0n) is 7.66. The molecule has 1 fully saturated rings. The van der Waals surface area contributed by atoms with Crippen LogP contribution < -0.4 is 4.90 Å². The van der Waals surface area contributed by atoms with Crippen molar-refractivity contribution in [2.45, 2.75) is 32.2 Å². The first-order valence-corrected chi connectivity index (χ1v) is 5.91. The molecule has 72 valence electrons. The molecule has 1 aliphatic heterocycles. The lowest BCUT2D eigenvalue weighted by atomic mass is 10.1. The average molecular weight is 217 g/mol. The van der Waals surface area contributed by atoms with E-state index in [2.05, 4.69) is 16.8 Å². The highest BCUT2D eigenvalue weighted by Gasteiger charge is 2.20. The van der Waals surface area contributed by atoms with E-state index in [-0.39, 0.29) is 0 Å². The number of aromatic nitrogens is 1. The molecule has 1 saturated heterocycles. The molecule has 1 unspecified atom stereocenters. The van der Waals surface area contributed by atoms with Crippen molar-refractivity contribution in [1.82, 2.24) is 4.98 Å². The zero-order valence-corrected chi connectivity index (χ0v) is 9.24. The topological polar surface area (TPSA) is 16.1 Å². The summed E-state index contributed by atoms with van der Waals surface area (Å²) >= 11 is 7.44. The van der Waals surface area contributed by atoms with Crippen molar-refractivity contribution >= 4 is 28.1 Å². The lowest BCUT2D eigenvalue weighted by Crippen LogP contribution is -2.37. The van der Waals surface area contributed by atoms with Gasteiger partial charge in [-0.2, -0.15) is 0 Å². The normalized spacial score (nSPS) is 23.5. The number of rotatable bonds is 1. The van der Waals surface area contributed by atoms with Crippen LogP contribution in [0.25, 0.3) is 0 Å². The molecule has 1 aromatic heterocycles. The Morgan fingerprint density at radius 1 is 1.62 bits per heavy atom. The highest BCUT2D eigenvalue weighted by Crippen LogP contribution is 2.28. The summed E-state index contributed by atoms with van der Waals surface area (Å²) in [5.74, 6) is 0. The number of hydrogen-bond donors (Lipinski definition) is 0. The lowest BCUT2D eigenvalue weighted by molar-refractivity contribution is 0.484. The van der Waals surface area contributed by atoms with E-state index >= 15 is 0 Å². The number of hydrogen-bond acceptors (Lipinski definition) is 3. The van der Waals surface area contributed by atoms with Crippen LogP contribution in [0, 0.1) is 0 Å². The van der Waals surface area contributed by atoms with Gasteiger partial charge in [0.1, 0.15) is 5.15 Å². The Morgan fingerprint density at radius 2 is 2.46 bits per heavy atom. The number of nitrogens with zero attached hydrogens (tertiary/aromatic N) is 2. The molecule has 4 heteroatoms. The molecule has 0 N–H and O–H groups in total. The minimum absolute atomic E-state index is 0.621. The summed E-state index contributed by atoms with van der Waals surface area (Å²) in [6.07, 6.45) is 3.90. The smallest absolute Gasteiger partial charge is 0.186 e. The molecular formula is C9H13ClN2S. The summed E-state index contributed by atoms with van der Waals surface area (Å²) < 4.78 is 0. The van der Waals surface area contributed by atoms with E-state index in [1.165, 1.54) is 19.3 Å². The molecule has 2 nitrogen and oxygen atoms in total. The van der Waals surface area contributed by atoms with Crippen LogP contribution in [0.15, 0.2) is 5.38 Å². The molecule has 1 atom stereocenters. The fourth-order valence-electron chi connectivity index (χ4n) is 1.76. The Labute approximate surface area is 87.5 Å². The van der Waals surface area contributed by atoms with Crippen LogP contribution in [0.2, 0.25) is 5.15 Å². The SMILES string of the molecule is CC1CCCCN1c1nc(Cl)cs1. The summed E-state index contributed by atoms with van der Waals surface area (Å²) in [4.78, 5) is 6.66. The minimum Gasteiger partial charge on any atom is -0.345 e. The van der Waals surface area contributed by atoms with Gasteiger partial charge in [0.15, 0.2) is 5.13 Å². The van der Waals surface area contributed by atoms with Crippen molar-refractivity contribution in [1.29, 1.82) is 0 Å². The predicted octanol–water partition coefficient (Wildman–Crippen LogP) is 3.18. The van der Waals surface area contributed by atoms with Gasteiger partial charge in [-0.05, 0) is 26.2 Å². The van der Waals surface area contributed by atoms with Crippen molar-refractivity contribution in [2.24, 2.45) is 0 Å². The van der Waals surface area contributed by atoms with Crippen molar-refractivity contribution in [3.63, 3.8) is 0 Å². The van der Waals surface area contributed by atoms with E-state index in [0.29, 0.717) is 11.2 Å². The number of anilines is 1. The fourth-order valence-corrected chi connectivity index (χ4v) is 2.84. The molecule has 13 heavy (non-hydrogen) atoms. The van der Waals surface area contributed by atoms with Gasteiger partial charge in [0.25, 0.3) is 0 Å². The van der Waals surface area contributed by atoms with Crippen LogP contribution in [0.1, 0.15) is 26.2 Å². The maximum Gasteiger partial charge on any atom is 0.186 e. The second kappa shape index (κ2) is 3.84. The van der Waals surface area contributed by atoms with Gasteiger partial charge < -0.3 is 4.90 Å². The third-order valence-corrected chi connectivity index (χ3v) is 3.71. The molecule has 0 aromatic carbocycles. The van der Waals surface area contributed by atoms with E-state index in [9.17, 15) is 0 Å². The number of thiazole rings is 1. The third kappa shape index (κ3) is 1.97. The van der Waals surface area contributed by atoms with Crippen molar-refractivity contribution in [3.05, 3.63) is 10.5 Å². The van der Waals surface area contributed by atoms with Gasteiger partial charge >= 0.3 is 0 Å². The van der Waals surface area contributed by atoms with Crippen LogP contribution in [0.5, 0.6) is 0 Å². The molecule has 0 saturated carbocycles. The predicted molar refractivity (Wildman–Crippen MR) is 57.8 cm³/mol. The minimum atomic E-state index is 0.621. The Morgan fingerprint density at radius 3 is 3.08 bits per heavy atom. The molecule has 0 amide bonds. The van der Waals surface area contributed by atoms with Crippen molar-refractivity contribution in [3.8, 4) is 0 Å². The fraction of sp³-hybridized carbons (Fsp3) is 0.667. The maximum atomic E-state index is 5.80. The van der Waals surface area contributed by atoms with Gasteiger partial charge in [-0.15, -0.1) is 11.3 Å². The molecule has 0 radical (unpaired) electrons. The average Bonchev–Trinajstić information content (AvgIpc) is 2.53. The molecular weight excluding hydrogens is 204 g/mol. The first-order chi connectivity index (χ1) is 6.27. The summed E-state index contributed by atoms with van der Waals surface area (Å²) in [5.41, 5.74) is 0. The third-order valence-electron chi connectivity index (χ3n) is 2.51. The van der Waals surface area contributed by atoms with Crippen molar-refractivity contribution < 1.29 is 0 Å². The van der Waals surface area contributed by atoms with Crippen LogP contribution in [0.4, 0.5) is 5.13 Å². The van der Waals surface area contributed by atoms with Crippen LogP contribution in [-0.4, -0.2) is 17.6 Å². The van der Waals surface area contributed by atoms with Gasteiger partial charge in [0.05, 0.1) is 0 Å². The molecule has 1 aliphatic rings. The van der Waals surface area contributed by atoms with E-state index in [0.717, 1.165) is 11.7 Å². The molecule has 2 rings (SSSR count). The highest BCUT2D eigenvalue weighted by atomic mass is 35.5. The largest absolute Gasteiger partial charge is 0.345 e. The summed E-state index contributed by atoms with van der Waals surface area (Å²) in [6.45, 7) is 3.39.